The second kappa shape index (κ2) is 7.54. The van der Waals surface area contributed by atoms with E-state index in [0.29, 0.717) is 28.4 Å². The van der Waals surface area contributed by atoms with E-state index in [4.69, 9.17) is 0 Å². The Bertz CT molecular complexity index is 544. The summed E-state index contributed by atoms with van der Waals surface area (Å²) in [7, 11) is -1.83. The number of halogens is 1. The highest BCUT2D eigenvalue weighted by Crippen LogP contribution is 2.26. The third-order valence-electron chi connectivity index (χ3n) is 2.89. The number of benzene rings is 1. The van der Waals surface area contributed by atoms with Crippen LogP contribution >= 0.6 is 15.9 Å². The fourth-order valence-electron chi connectivity index (χ4n) is 1.90. The Hall–Kier alpha value is -0.430. The highest BCUT2D eigenvalue weighted by Gasteiger charge is 2.24. The second-order valence-corrected chi connectivity index (χ2v) is 8.09. The zero-order chi connectivity index (χ0) is 15.3. The predicted molar refractivity (Wildman–Crippen MR) is 86.2 cm³/mol. The van der Waals surface area contributed by atoms with Crippen molar-refractivity contribution in [2.75, 3.05) is 20.1 Å². The summed E-state index contributed by atoms with van der Waals surface area (Å²) in [4.78, 5) is 0.330. The molecule has 0 radical (unpaired) electrons. The molecular formula is C14H23BrN2O2S. The lowest BCUT2D eigenvalue weighted by Gasteiger charge is -2.20. The average molecular weight is 363 g/mol. The van der Waals surface area contributed by atoms with Crippen LogP contribution < -0.4 is 5.32 Å². The Morgan fingerprint density at radius 2 is 2.00 bits per heavy atom. The minimum atomic E-state index is -3.45. The van der Waals surface area contributed by atoms with Crippen molar-refractivity contribution in [3.63, 3.8) is 0 Å². The van der Waals surface area contributed by atoms with Crippen LogP contribution in [0, 0.1) is 5.92 Å². The summed E-state index contributed by atoms with van der Waals surface area (Å²) in [6.45, 7) is 8.05. The average Bonchev–Trinajstić information content (AvgIpc) is 2.36. The minimum absolute atomic E-state index is 0.290. The molecule has 1 aromatic rings. The van der Waals surface area contributed by atoms with Crippen LogP contribution in [0.25, 0.3) is 0 Å². The SMILES string of the molecule is CCNCc1ccc(Br)c(S(=O)(=O)N(C)CC(C)C)c1. The van der Waals surface area contributed by atoms with Crippen molar-refractivity contribution >= 4 is 26.0 Å². The van der Waals surface area contributed by atoms with Crippen LogP contribution in [0.15, 0.2) is 27.6 Å². The van der Waals surface area contributed by atoms with Gasteiger partial charge in [0.2, 0.25) is 10.0 Å². The van der Waals surface area contributed by atoms with Gasteiger partial charge in [0.15, 0.2) is 0 Å². The van der Waals surface area contributed by atoms with Gasteiger partial charge in [-0.15, -0.1) is 0 Å². The Morgan fingerprint density at radius 1 is 1.35 bits per heavy atom. The molecule has 0 aliphatic rings. The zero-order valence-corrected chi connectivity index (χ0v) is 14.9. The first-order valence-corrected chi connectivity index (χ1v) is 8.97. The maximum Gasteiger partial charge on any atom is 0.243 e. The van der Waals surface area contributed by atoms with Gasteiger partial charge in [0, 0.05) is 24.6 Å². The van der Waals surface area contributed by atoms with Crippen LogP contribution in [0.2, 0.25) is 0 Å². The van der Waals surface area contributed by atoms with Crippen LogP contribution in [0.4, 0.5) is 0 Å². The minimum Gasteiger partial charge on any atom is -0.313 e. The van der Waals surface area contributed by atoms with Gasteiger partial charge in [0.05, 0.1) is 4.90 Å². The maximum absolute atomic E-state index is 12.6. The molecule has 114 valence electrons. The number of rotatable bonds is 7. The molecule has 0 aliphatic heterocycles. The third-order valence-corrected chi connectivity index (χ3v) is 5.70. The maximum atomic E-state index is 12.6. The van der Waals surface area contributed by atoms with Crippen LogP contribution in [0.1, 0.15) is 26.3 Å². The molecule has 0 fully saturated rings. The summed E-state index contributed by atoms with van der Waals surface area (Å²) in [6, 6.07) is 5.45. The smallest absolute Gasteiger partial charge is 0.243 e. The Kier molecular flexibility index (Phi) is 6.64. The van der Waals surface area contributed by atoms with Crippen molar-refractivity contribution in [3.05, 3.63) is 28.2 Å². The highest BCUT2D eigenvalue weighted by atomic mass is 79.9. The molecule has 0 amide bonds. The van der Waals surface area contributed by atoms with Crippen molar-refractivity contribution in [3.8, 4) is 0 Å². The first-order valence-electron chi connectivity index (χ1n) is 6.74. The number of hydrogen-bond donors (Lipinski definition) is 1. The van der Waals surface area contributed by atoms with Gasteiger partial charge in [-0.2, -0.15) is 0 Å². The number of hydrogen-bond acceptors (Lipinski definition) is 3. The van der Waals surface area contributed by atoms with Gasteiger partial charge in [0.25, 0.3) is 0 Å². The van der Waals surface area contributed by atoms with Crippen LogP contribution in [-0.2, 0) is 16.6 Å². The van der Waals surface area contributed by atoms with Crippen LogP contribution in [0.5, 0.6) is 0 Å². The number of sulfonamides is 1. The predicted octanol–water partition coefficient (Wildman–Crippen LogP) is 2.84. The standard InChI is InChI=1S/C14H23BrN2O2S/c1-5-16-9-12-6-7-13(15)14(8-12)20(18,19)17(4)10-11(2)3/h6-8,11,16H,5,9-10H2,1-4H3. The molecule has 0 atom stereocenters. The molecule has 0 saturated carbocycles. The number of nitrogens with zero attached hydrogens (tertiary/aromatic N) is 1. The van der Waals surface area contributed by atoms with Crippen LogP contribution in [0.3, 0.4) is 0 Å². The van der Waals surface area contributed by atoms with Gasteiger partial charge < -0.3 is 5.32 Å². The van der Waals surface area contributed by atoms with Crippen molar-refractivity contribution in [2.24, 2.45) is 5.92 Å². The first-order chi connectivity index (χ1) is 9.28. The molecule has 0 heterocycles. The van der Waals surface area contributed by atoms with E-state index in [-0.39, 0.29) is 0 Å². The molecule has 6 heteroatoms. The monoisotopic (exact) mass is 362 g/mol. The summed E-state index contributed by atoms with van der Waals surface area (Å²) < 4.78 is 27.2. The molecule has 0 saturated heterocycles. The fraction of sp³-hybridized carbons (Fsp3) is 0.571. The van der Waals surface area contributed by atoms with Gasteiger partial charge in [-0.25, -0.2) is 12.7 Å². The van der Waals surface area contributed by atoms with Crippen molar-refractivity contribution in [1.29, 1.82) is 0 Å². The molecule has 0 aliphatic carbocycles. The molecular weight excluding hydrogens is 340 g/mol. The lowest BCUT2D eigenvalue weighted by Crippen LogP contribution is -2.30. The van der Waals surface area contributed by atoms with E-state index in [1.165, 1.54) is 4.31 Å². The first kappa shape index (κ1) is 17.6. The van der Waals surface area contributed by atoms with Crippen molar-refractivity contribution in [1.82, 2.24) is 9.62 Å². The molecule has 20 heavy (non-hydrogen) atoms. The van der Waals surface area contributed by atoms with Gasteiger partial charge in [0.1, 0.15) is 0 Å². The van der Waals surface area contributed by atoms with Crippen LogP contribution in [-0.4, -0.2) is 32.9 Å². The second-order valence-electron chi connectivity index (χ2n) is 5.22. The lowest BCUT2D eigenvalue weighted by atomic mass is 10.2. The van der Waals surface area contributed by atoms with Gasteiger partial charge in [-0.1, -0.05) is 26.8 Å². The Labute approximate surface area is 130 Å². The largest absolute Gasteiger partial charge is 0.313 e. The zero-order valence-electron chi connectivity index (χ0n) is 12.5. The van der Waals surface area contributed by atoms with Gasteiger partial charge >= 0.3 is 0 Å². The third kappa shape index (κ3) is 4.55. The van der Waals surface area contributed by atoms with Gasteiger partial charge in [-0.05, 0) is 46.1 Å². The van der Waals surface area contributed by atoms with E-state index >= 15 is 0 Å². The summed E-state index contributed by atoms with van der Waals surface area (Å²) in [5.74, 6) is 0.290. The lowest BCUT2D eigenvalue weighted by molar-refractivity contribution is 0.417. The molecule has 1 rings (SSSR count). The summed E-state index contributed by atoms with van der Waals surface area (Å²) in [6.07, 6.45) is 0. The van der Waals surface area contributed by atoms with Crippen molar-refractivity contribution < 1.29 is 8.42 Å². The Balaban J connectivity index is 3.10. The quantitative estimate of drug-likeness (QED) is 0.811. The van der Waals surface area contributed by atoms with Crippen molar-refractivity contribution in [2.45, 2.75) is 32.2 Å². The van der Waals surface area contributed by atoms with Gasteiger partial charge in [-0.3, -0.25) is 0 Å². The van der Waals surface area contributed by atoms with E-state index in [0.717, 1.165) is 12.1 Å². The Morgan fingerprint density at radius 3 is 2.55 bits per heavy atom. The summed E-state index contributed by atoms with van der Waals surface area (Å²) in [5.41, 5.74) is 0.964. The normalized spacial score (nSPS) is 12.3. The number of nitrogens with one attached hydrogen (secondary N) is 1. The van der Waals surface area contributed by atoms with E-state index < -0.39 is 10.0 Å². The van der Waals surface area contributed by atoms with E-state index in [9.17, 15) is 8.42 Å². The fourth-order valence-corrected chi connectivity index (χ4v) is 4.21. The van der Waals surface area contributed by atoms with E-state index in [2.05, 4.69) is 21.2 Å². The highest BCUT2D eigenvalue weighted by molar-refractivity contribution is 9.10. The molecule has 0 aromatic heterocycles. The molecule has 4 nitrogen and oxygen atoms in total. The topological polar surface area (TPSA) is 49.4 Å². The molecule has 1 aromatic carbocycles. The molecule has 0 spiro atoms. The summed E-state index contributed by atoms with van der Waals surface area (Å²) >= 11 is 3.34. The summed E-state index contributed by atoms with van der Waals surface area (Å²) in [5, 5.41) is 3.20. The van der Waals surface area contributed by atoms with E-state index in [1.54, 1.807) is 19.2 Å². The molecule has 0 unspecified atom stereocenters. The molecule has 1 N–H and O–H groups in total. The van der Waals surface area contributed by atoms with E-state index in [1.807, 2.05) is 26.8 Å². The molecule has 0 bridgehead atoms.